The maximum absolute atomic E-state index is 12.2. The minimum absolute atomic E-state index is 0.0337. The lowest BCUT2D eigenvalue weighted by Crippen LogP contribution is -2.64. The quantitative estimate of drug-likeness (QED) is 0.186. The van der Waals surface area contributed by atoms with Gasteiger partial charge in [0.1, 0.15) is 48.5 Å². The van der Waals surface area contributed by atoms with E-state index in [1.807, 2.05) is 0 Å². The molecular weight excluding hydrogens is 674 g/mol. The second-order valence-corrected chi connectivity index (χ2v) is 18.9. The van der Waals surface area contributed by atoms with Crippen molar-refractivity contribution in [3.8, 4) is 0 Å². The topological polar surface area (TPSA) is 200 Å². The number of hydrogen-bond acceptors (Lipinski definition) is 13. The third-order valence-electron chi connectivity index (χ3n) is 16.4. The van der Waals surface area contributed by atoms with Gasteiger partial charge in [0.2, 0.25) is 0 Å². The Morgan fingerprint density at radius 1 is 0.712 bits per heavy atom. The van der Waals surface area contributed by atoms with E-state index in [0.717, 1.165) is 64.3 Å². The lowest BCUT2D eigenvalue weighted by Gasteiger charge is -2.61. The van der Waals surface area contributed by atoms with Crippen molar-refractivity contribution < 1.29 is 59.4 Å². The van der Waals surface area contributed by atoms with Crippen LogP contribution in [0.15, 0.2) is 0 Å². The molecule has 13 heteroatoms. The summed E-state index contributed by atoms with van der Waals surface area (Å²) >= 11 is 0. The largest absolute Gasteiger partial charge is 0.394 e. The van der Waals surface area contributed by atoms with E-state index in [0.29, 0.717) is 35.5 Å². The van der Waals surface area contributed by atoms with Crippen LogP contribution in [0.3, 0.4) is 0 Å². The third kappa shape index (κ3) is 5.81. The second kappa shape index (κ2) is 13.8. The highest BCUT2D eigenvalue weighted by Crippen LogP contribution is 2.71. The molecule has 13 nitrogen and oxygen atoms in total. The van der Waals surface area contributed by atoms with Crippen molar-refractivity contribution in [1.82, 2.24) is 5.32 Å². The van der Waals surface area contributed by atoms with Crippen LogP contribution in [0.1, 0.15) is 92.4 Å². The zero-order valence-electron chi connectivity index (χ0n) is 31.5. The average Bonchev–Trinajstić information content (AvgIpc) is 3.53. The van der Waals surface area contributed by atoms with E-state index in [1.54, 1.807) is 0 Å². The highest BCUT2D eigenvalue weighted by molar-refractivity contribution is 5.19. The molecule has 4 heterocycles. The van der Waals surface area contributed by atoms with Crippen molar-refractivity contribution in [2.24, 2.45) is 52.3 Å². The molecule has 4 aliphatic carbocycles. The number of fused-ring (bicyclic) bond motifs is 7. The van der Waals surface area contributed by atoms with Gasteiger partial charge in [-0.25, -0.2) is 0 Å². The molecule has 52 heavy (non-hydrogen) atoms. The molecule has 0 unspecified atom stereocenters. The summed E-state index contributed by atoms with van der Waals surface area (Å²) in [6, 6.07) is 0. The SMILES string of the molecule is C[C@H]1CC[C@@]2(NC1)O[C@@H]1[C@H](O)[C@@H]3[C@H]4CC[C@H]5C[C@@H](O[C@@H]6O[C@@H](CO)[C@H](O)[C@H](O)[C@H]6O[C@@H]6O[C@@H](C)[C@H](O)[C@@H](O)[C@@H]6O)CC[C@]5(C)[C@@H]4CC[C@]3(C)[C@@H]1[C@H]2C. The van der Waals surface area contributed by atoms with Crippen LogP contribution in [0.25, 0.3) is 0 Å². The normalized spacial score (nSPS) is 60.5. The molecule has 8 N–H and O–H groups in total. The Morgan fingerprint density at radius 2 is 1.46 bits per heavy atom. The highest BCUT2D eigenvalue weighted by Gasteiger charge is 2.72. The Balaban J connectivity index is 0.956. The standard InChI is InChI=1S/C39H65NO12/c1-17-8-13-39(40-15-17)18(2)25-33(52-39)29(44)26-22-7-6-20-14-21(9-11-37(20,4)23(22)10-12-38(25,26)5)49-36-34(31(46)28(43)24(16-41)50-36)51-35-32(47)30(45)27(42)19(3)48-35/h17-36,40-47H,6-16H2,1-5H3/t17-,18+,19-,20-,21-,22-,23+,24-,25+,26-,27-,28-,29+,30+,31-,32-,33-,34+,35-,36+,37-,38+,39+/m0/s1. The summed E-state index contributed by atoms with van der Waals surface area (Å²) < 4.78 is 31.1. The van der Waals surface area contributed by atoms with Gasteiger partial charge in [-0.1, -0.05) is 27.7 Å². The van der Waals surface area contributed by atoms with Crippen molar-refractivity contribution >= 4 is 0 Å². The van der Waals surface area contributed by atoms with Crippen LogP contribution in [0.2, 0.25) is 0 Å². The molecule has 8 aliphatic rings. The molecule has 0 aromatic carbocycles. The van der Waals surface area contributed by atoms with Crippen LogP contribution >= 0.6 is 0 Å². The van der Waals surface area contributed by atoms with Crippen LogP contribution in [0.5, 0.6) is 0 Å². The molecule has 298 valence electrons. The summed E-state index contributed by atoms with van der Waals surface area (Å²) in [6.07, 6.45) is -5.28. The highest BCUT2D eigenvalue weighted by atomic mass is 16.8. The summed E-state index contributed by atoms with van der Waals surface area (Å²) in [5.41, 5.74) is -0.208. The minimum atomic E-state index is -1.61. The van der Waals surface area contributed by atoms with Gasteiger partial charge in [-0.2, -0.15) is 0 Å². The molecule has 0 aromatic rings. The summed E-state index contributed by atoms with van der Waals surface area (Å²) in [6.45, 7) is 11.5. The maximum Gasteiger partial charge on any atom is 0.187 e. The van der Waals surface area contributed by atoms with Crippen molar-refractivity contribution in [1.29, 1.82) is 0 Å². The Hall–Kier alpha value is -0.520. The summed E-state index contributed by atoms with van der Waals surface area (Å²) in [5, 5.41) is 78.9. The Labute approximate surface area is 307 Å². The molecule has 1 spiro atoms. The number of aliphatic hydroxyl groups excluding tert-OH is 7. The summed E-state index contributed by atoms with van der Waals surface area (Å²) in [5.74, 6) is 2.85. The first kappa shape index (κ1) is 38.4. The first-order valence-electron chi connectivity index (χ1n) is 20.4. The van der Waals surface area contributed by atoms with E-state index < -0.39 is 74.1 Å². The predicted molar refractivity (Wildman–Crippen MR) is 185 cm³/mol. The molecule has 4 saturated heterocycles. The van der Waals surface area contributed by atoms with E-state index in [2.05, 4.69) is 33.0 Å². The van der Waals surface area contributed by atoms with Gasteiger partial charge in [0.05, 0.1) is 31.0 Å². The number of piperidine rings is 1. The molecule has 4 aliphatic heterocycles. The lowest BCUT2D eigenvalue weighted by molar-refractivity contribution is -0.371. The van der Waals surface area contributed by atoms with Crippen LogP contribution in [-0.2, 0) is 23.7 Å². The van der Waals surface area contributed by atoms with E-state index in [1.165, 1.54) is 6.92 Å². The summed E-state index contributed by atoms with van der Waals surface area (Å²) in [7, 11) is 0. The Kier molecular flexibility index (Phi) is 10.2. The maximum atomic E-state index is 12.2. The Morgan fingerprint density at radius 3 is 2.17 bits per heavy atom. The zero-order chi connectivity index (χ0) is 37.1. The fourth-order valence-corrected chi connectivity index (χ4v) is 13.4. The molecule has 8 fully saturated rings. The molecule has 0 aromatic heterocycles. The van der Waals surface area contributed by atoms with Crippen LogP contribution in [-0.4, -0.2) is 134 Å². The minimum Gasteiger partial charge on any atom is -0.394 e. The molecule has 8 rings (SSSR count). The van der Waals surface area contributed by atoms with Crippen molar-refractivity contribution in [3.05, 3.63) is 0 Å². The first-order chi connectivity index (χ1) is 24.6. The number of aliphatic hydroxyl groups is 7. The number of nitrogens with one attached hydrogen (secondary N) is 1. The average molecular weight is 740 g/mol. The van der Waals surface area contributed by atoms with Crippen LogP contribution in [0.4, 0.5) is 0 Å². The van der Waals surface area contributed by atoms with Gasteiger partial charge in [-0.3, -0.25) is 5.32 Å². The second-order valence-electron chi connectivity index (χ2n) is 18.9. The van der Waals surface area contributed by atoms with Gasteiger partial charge in [0, 0.05) is 18.4 Å². The van der Waals surface area contributed by atoms with Gasteiger partial charge < -0.3 is 59.4 Å². The fourth-order valence-electron chi connectivity index (χ4n) is 13.4. The smallest absolute Gasteiger partial charge is 0.187 e. The lowest BCUT2D eigenvalue weighted by atomic mass is 9.44. The van der Waals surface area contributed by atoms with Crippen LogP contribution < -0.4 is 5.32 Å². The number of rotatable bonds is 5. The van der Waals surface area contributed by atoms with Gasteiger partial charge in [0.15, 0.2) is 12.6 Å². The van der Waals surface area contributed by atoms with E-state index in [-0.39, 0.29) is 34.7 Å². The van der Waals surface area contributed by atoms with Gasteiger partial charge >= 0.3 is 0 Å². The zero-order valence-corrected chi connectivity index (χ0v) is 31.5. The molecule has 0 bridgehead atoms. The molecule has 4 saturated carbocycles. The van der Waals surface area contributed by atoms with Gasteiger partial charge in [0.25, 0.3) is 0 Å². The summed E-state index contributed by atoms with van der Waals surface area (Å²) in [4.78, 5) is 0. The van der Waals surface area contributed by atoms with Crippen molar-refractivity contribution in [2.45, 2.75) is 178 Å². The van der Waals surface area contributed by atoms with E-state index in [9.17, 15) is 35.7 Å². The van der Waals surface area contributed by atoms with Crippen molar-refractivity contribution in [2.75, 3.05) is 13.2 Å². The third-order valence-corrected chi connectivity index (χ3v) is 16.4. The van der Waals surface area contributed by atoms with Gasteiger partial charge in [-0.05, 0) is 105 Å². The van der Waals surface area contributed by atoms with Crippen molar-refractivity contribution in [3.63, 3.8) is 0 Å². The van der Waals surface area contributed by atoms with Crippen LogP contribution in [0, 0.1) is 52.3 Å². The Bertz CT molecular complexity index is 1290. The number of ether oxygens (including phenoxy) is 5. The molecule has 0 amide bonds. The molecule has 0 radical (unpaired) electrons. The molecule has 23 atom stereocenters. The predicted octanol–water partition coefficient (Wildman–Crippen LogP) is 1.01. The van der Waals surface area contributed by atoms with E-state index in [4.69, 9.17) is 23.7 Å². The molecular formula is C39H65NO12. The monoisotopic (exact) mass is 739 g/mol. The van der Waals surface area contributed by atoms with Gasteiger partial charge in [-0.15, -0.1) is 0 Å². The van der Waals surface area contributed by atoms with E-state index >= 15 is 0 Å². The first-order valence-corrected chi connectivity index (χ1v) is 20.4. The number of hydrogen-bond donors (Lipinski definition) is 8. The fraction of sp³-hybridized carbons (Fsp3) is 1.00.